The van der Waals surface area contributed by atoms with Crippen LogP contribution in [0.4, 0.5) is 0 Å². The molecule has 0 radical (unpaired) electrons. The summed E-state index contributed by atoms with van der Waals surface area (Å²) in [6.07, 6.45) is 1.82. The van der Waals surface area contributed by atoms with Crippen LogP contribution in [0.5, 0.6) is 5.75 Å². The fourth-order valence-electron chi connectivity index (χ4n) is 3.31. The molecule has 0 N–H and O–H groups in total. The van der Waals surface area contributed by atoms with Crippen molar-refractivity contribution in [2.45, 2.75) is 24.7 Å². The van der Waals surface area contributed by atoms with Crippen LogP contribution in [0.1, 0.15) is 18.4 Å². The highest BCUT2D eigenvalue weighted by atomic mass is 32.2. The fourth-order valence-corrected chi connectivity index (χ4v) is 4.91. The van der Waals surface area contributed by atoms with Gasteiger partial charge in [0.25, 0.3) is 5.91 Å². The number of rotatable bonds is 5. The first kappa shape index (κ1) is 19.1. The minimum Gasteiger partial charge on any atom is -0.483 e. The van der Waals surface area contributed by atoms with Crippen LogP contribution in [0.2, 0.25) is 0 Å². The van der Waals surface area contributed by atoms with Crippen LogP contribution in [0.25, 0.3) is 0 Å². The monoisotopic (exact) mass is 381 g/mol. The summed E-state index contributed by atoms with van der Waals surface area (Å²) in [7, 11) is -1.39. The Kier molecular flexibility index (Phi) is 5.84. The molecule has 26 heavy (non-hydrogen) atoms. The largest absolute Gasteiger partial charge is 0.483 e. The third-order valence-electron chi connectivity index (χ3n) is 5.06. The Morgan fingerprint density at radius 2 is 1.73 bits per heavy atom. The third-order valence-corrected chi connectivity index (χ3v) is 6.95. The predicted molar refractivity (Wildman–Crippen MR) is 98.7 cm³/mol. The Morgan fingerprint density at radius 3 is 2.35 bits per heavy atom. The number of hydrogen-bond acceptors (Lipinski definition) is 5. The Hall–Kier alpha value is -1.64. The number of carbonyl (C=O) groups excluding carboxylic acids is 1. The van der Waals surface area contributed by atoms with Gasteiger partial charge in [-0.2, -0.15) is 4.31 Å². The van der Waals surface area contributed by atoms with E-state index in [2.05, 4.69) is 4.90 Å². The third kappa shape index (κ3) is 4.19. The number of nitrogens with zero attached hydrogens (tertiary/aromatic N) is 3. The molecule has 1 amide bonds. The summed E-state index contributed by atoms with van der Waals surface area (Å²) in [5.74, 6) is 0.513. The van der Waals surface area contributed by atoms with E-state index in [1.54, 1.807) is 25.1 Å². The molecule has 8 heteroatoms. The van der Waals surface area contributed by atoms with Crippen molar-refractivity contribution in [2.24, 2.45) is 0 Å². The predicted octanol–water partition coefficient (Wildman–Crippen LogP) is 0.932. The zero-order chi connectivity index (χ0) is 18.7. The number of sulfonamides is 1. The van der Waals surface area contributed by atoms with Crippen molar-refractivity contribution in [1.29, 1.82) is 0 Å². The minimum absolute atomic E-state index is 0.0250. The van der Waals surface area contributed by atoms with E-state index < -0.39 is 10.0 Å². The SMILES string of the molecule is Cc1cc(S(=O)(=O)N2CCCC2)ccc1OCC(=O)N1CCN(C)CC1. The van der Waals surface area contributed by atoms with E-state index in [9.17, 15) is 13.2 Å². The van der Waals surface area contributed by atoms with Crippen molar-refractivity contribution in [2.75, 3.05) is 52.9 Å². The zero-order valence-electron chi connectivity index (χ0n) is 15.5. The van der Waals surface area contributed by atoms with Crippen molar-refractivity contribution in [3.8, 4) is 5.75 Å². The molecule has 2 aliphatic heterocycles. The molecule has 0 spiro atoms. The first-order valence-corrected chi connectivity index (χ1v) is 10.5. The normalized spacial score (nSPS) is 19.7. The molecule has 0 atom stereocenters. The second-order valence-corrected chi connectivity index (χ2v) is 8.95. The molecule has 1 aromatic carbocycles. The Labute approximate surface area is 155 Å². The standard InChI is InChI=1S/C18H27N3O4S/c1-15-13-16(26(23,24)21-7-3-4-8-21)5-6-17(15)25-14-18(22)20-11-9-19(2)10-12-20/h5-6,13H,3-4,7-12,14H2,1-2H3. The minimum atomic E-state index is -3.43. The molecule has 1 aromatic rings. The number of amides is 1. The summed E-state index contributed by atoms with van der Waals surface area (Å²) in [6.45, 7) is 6.11. The quantitative estimate of drug-likeness (QED) is 0.759. The average Bonchev–Trinajstić information content (AvgIpc) is 3.16. The Morgan fingerprint density at radius 1 is 1.08 bits per heavy atom. The molecule has 0 bridgehead atoms. The molecule has 2 heterocycles. The van der Waals surface area contributed by atoms with Crippen molar-refractivity contribution in [3.05, 3.63) is 23.8 Å². The van der Waals surface area contributed by atoms with Crippen molar-refractivity contribution in [3.63, 3.8) is 0 Å². The summed E-state index contributed by atoms with van der Waals surface area (Å²) in [5.41, 5.74) is 0.719. The highest BCUT2D eigenvalue weighted by Crippen LogP contribution is 2.26. The van der Waals surface area contributed by atoms with E-state index in [1.807, 2.05) is 11.9 Å². The van der Waals surface area contributed by atoms with Crippen molar-refractivity contribution < 1.29 is 17.9 Å². The first-order valence-electron chi connectivity index (χ1n) is 9.08. The smallest absolute Gasteiger partial charge is 0.260 e. The van der Waals surface area contributed by atoms with Gasteiger partial charge in [-0.05, 0) is 50.6 Å². The lowest BCUT2D eigenvalue weighted by molar-refractivity contribution is -0.134. The number of likely N-dealkylation sites (N-methyl/N-ethyl adjacent to an activating group) is 1. The molecular formula is C18H27N3O4S. The lowest BCUT2D eigenvalue weighted by Gasteiger charge is -2.32. The molecule has 0 aromatic heterocycles. The zero-order valence-corrected chi connectivity index (χ0v) is 16.3. The number of piperazine rings is 1. The number of benzene rings is 1. The molecule has 3 rings (SSSR count). The van der Waals surface area contributed by atoms with Gasteiger partial charge in [-0.1, -0.05) is 0 Å². The molecule has 2 fully saturated rings. The molecule has 0 saturated carbocycles. The summed E-state index contributed by atoms with van der Waals surface area (Å²) in [4.78, 5) is 16.6. The number of ether oxygens (including phenoxy) is 1. The van der Waals surface area contributed by atoms with Gasteiger partial charge in [0, 0.05) is 39.3 Å². The highest BCUT2D eigenvalue weighted by molar-refractivity contribution is 7.89. The number of aryl methyl sites for hydroxylation is 1. The maximum Gasteiger partial charge on any atom is 0.260 e. The summed E-state index contributed by atoms with van der Waals surface area (Å²) in [6, 6.07) is 4.84. The lowest BCUT2D eigenvalue weighted by Crippen LogP contribution is -2.48. The summed E-state index contributed by atoms with van der Waals surface area (Å²) in [5, 5.41) is 0. The second kappa shape index (κ2) is 7.94. The molecule has 2 saturated heterocycles. The van der Waals surface area contributed by atoms with Gasteiger partial charge < -0.3 is 14.5 Å². The van der Waals surface area contributed by atoms with Crippen molar-refractivity contribution >= 4 is 15.9 Å². The molecule has 2 aliphatic rings. The van der Waals surface area contributed by atoms with Gasteiger partial charge in [0.05, 0.1) is 4.90 Å². The topological polar surface area (TPSA) is 70.2 Å². The molecule has 0 unspecified atom stereocenters. The van der Waals surface area contributed by atoms with E-state index in [-0.39, 0.29) is 17.4 Å². The highest BCUT2D eigenvalue weighted by Gasteiger charge is 2.27. The van der Waals surface area contributed by atoms with E-state index in [1.165, 1.54) is 4.31 Å². The maximum absolute atomic E-state index is 12.6. The second-order valence-electron chi connectivity index (χ2n) is 7.01. The summed E-state index contributed by atoms with van der Waals surface area (Å²) >= 11 is 0. The van der Waals surface area contributed by atoms with Crippen LogP contribution in [-0.4, -0.2) is 81.4 Å². The molecule has 144 valence electrons. The van der Waals surface area contributed by atoms with Crippen LogP contribution < -0.4 is 4.74 Å². The number of hydrogen-bond donors (Lipinski definition) is 0. The van der Waals surface area contributed by atoms with Crippen LogP contribution in [0.15, 0.2) is 23.1 Å². The maximum atomic E-state index is 12.6. The average molecular weight is 381 g/mol. The Balaban J connectivity index is 1.62. The van der Waals surface area contributed by atoms with E-state index in [0.717, 1.165) is 31.5 Å². The lowest BCUT2D eigenvalue weighted by atomic mass is 10.2. The number of carbonyl (C=O) groups is 1. The van der Waals surface area contributed by atoms with E-state index >= 15 is 0 Å². The van der Waals surface area contributed by atoms with Crippen LogP contribution >= 0.6 is 0 Å². The van der Waals surface area contributed by atoms with Crippen LogP contribution in [-0.2, 0) is 14.8 Å². The van der Waals surface area contributed by atoms with Gasteiger partial charge in [-0.3, -0.25) is 4.79 Å². The molecule has 7 nitrogen and oxygen atoms in total. The fraction of sp³-hybridized carbons (Fsp3) is 0.611. The Bertz CT molecular complexity index is 752. The molecule has 0 aliphatic carbocycles. The van der Waals surface area contributed by atoms with E-state index in [0.29, 0.717) is 31.9 Å². The van der Waals surface area contributed by atoms with Gasteiger partial charge in [-0.25, -0.2) is 8.42 Å². The van der Waals surface area contributed by atoms with Gasteiger partial charge in [0.1, 0.15) is 5.75 Å². The van der Waals surface area contributed by atoms with E-state index in [4.69, 9.17) is 4.74 Å². The molecular weight excluding hydrogens is 354 g/mol. The van der Waals surface area contributed by atoms with Gasteiger partial charge in [-0.15, -0.1) is 0 Å². The van der Waals surface area contributed by atoms with Crippen molar-refractivity contribution in [1.82, 2.24) is 14.1 Å². The van der Waals surface area contributed by atoms with Gasteiger partial charge in [0.2, 0.25) is 10.0 Å². The summed E-state index contributed by atoms with van der Waals surface area (Å²) < 4.78 is 32.4. The van der Waals surface area contributed by atoms with Gasteiger partial charge >= 0.3 is 0 Å². The van der Waals surface area contributed by atoms with Crippen LogP contribution in [0.3, 0.4) is 0 Å². The van der Waals surface area contributed by atoms with Crippen LogP contribution in [0, 0.1) is 6.92 Å². The first-order chi connectivity index (χ1) is 12.4. The van der Waals surface area contributed by atoms with Gasteiger partial charge in [0.15, 0.2) is 6.61 Å².